The van der Waals surface area contributed by atoms with Crippen molar-refractivity contribution in [3.05, 3.63) is 46.5 Å². The van der Waals surface area contributed by atoms with Gasteiger partial charge in [0, 0.05) is 17.6 Å². The molecule has 1 aliphatic carbocycles. The maximum Gasteiger partial charge on any atom is 0.315 e. The van der Waals surface area contributed by atoms with E-state index in [0.29, 0.717) is 25.9 Å². The van der Waals surface area contributed by atoms with Crippen LogP contribution in [-0.4, -0.2) is 24.0 Å². The Morgan fingerprint density at radius 3 is 2.68 bits per heavy atom. The number of nitrogens with one attached hydrogen (secondary N) is 3. The average molecular weight is 408 g/mol. The lowest BCUT2D eigenvalue weighted by atomic mass is 9.96. The van der Waals surface area contributed by atoms with Gasteiger partial charge in [0.05, 0.1) is 0 Å². The molecule has 6 heteroatoms. The van der Waals surface area contributed by atoms with Gasteiger partial charge in [0.1, 0.15) is 5.54 Å². The van der Waals surface area contributed by atoms with Gasteiger partial charge in [-0.2, -0.15) is 0 Å². The number of carbonyl (C=O) groups excluding carboxylic acids is 2. The molecule has 0 atom stereocenters. The Hall–Kier alpha value is -1.82. The number of hydrogen-bond acceptors (Lipinski definition) is 2. The van der Waals surface area contributed by atoms with Crippen LogP contribution >= 0.6 is 15.9 Å². The summed E-state index contributed by atoms with van der Waals surface area (Å²) >= 11 is 3.42. The summed E-state index contributed by atoms with van der Waals surface area (Å²) < 4.78 is 0.972. The van der Waals surface area contributed by atoms with Crippen LogP contribution in [-0.2, 0) is 11.3 Å². The van der Waals surface area contributed by atoms with E-state index in [1.54, 1.807) is 0 Å². The van der Waals surface area contributed by atoms with Crippen LogP contribution < -0.4 is 16.0 Å². The minimum Gasteiger partial charge on any atom is -0.354 e. The van der Waals surface area contributed by atoms with Gasteiger partial charge in [-0.15, -0.1) is 0 Å². The van der Waals surface area contributed by atoms with Gasteiger partial charge in [0.2, 0.25) is 5.91 Å². The molecule has 0 spiro atoms. The zero-order valence-electron chi connectivity index (χ0n) is 14.6. The van der Waals surface area contributed by atoms with Crippen molar-refractivity contribution in [2.45, 2.75) is 51.1 Å². The first-order valence-corrected chi connectivity index (χ1v) is 9.55. The van der Waals surface area contributed by atoms with Crippen LogP contribution in [0.4, 0.5) is 4.79 Å². The highest BCUT2D eigenvalue weighted by Crippen LogP contribution is 2.29. The van der Waals surface area contributed by atoms with E-state index in [1.807, 2.05) is 43.3 Å². The van der Waals surface area contributed by atoms with Crippen LogP contribution in [0.1, 0.15) is 44.6 Å². The zero-order valence-corrected chi connectivity index (χ0v) is 16.2. The first-order chi connectivity index (χ1) is 12.1. The zero-order chi connectivity index (χ0) is 18.1. The van der Waals surface area contributed by atoms with Crippen LogP contribution in [0.15, 0.2) is 40.9 Å². The summed E-state index contributed by atoms with van der Waals surface area (Å²) in [6.45, 7) is 2.97. The molecule has 25 heavy (non-hydrogen) atoms. The number of hydrogen-bond donors (Lipinski definition) is 3. The van der Waals surface area contributed by atoms with E-state index in [0.717, 1.165) is 29.3 Å². The number of benzene rings is 1. The van der Waals surface area contributed by atoms with E-state index in [1.165, 1.54) is 0 Å². The molecule has 1 aromatic rings. The quantitative estimate of drug-likeness (QED) is 0.476. The van der Waals surface area contributed by atoms with Crippen LogP contribution in [0.3, 0.4) is 0 Å². The molecular weight excluding hydrogens is 382 g/mol. The molecule has 0 saturated heterocycles. The Labute approximate surface area is 157 Å². The van der Waals surface area contributed by atoms with Crippen LogP contribution in [0.25, 0.3) is 0 Å². The highest BCUT2D eigenvalue weighted by molar-refractivity contribution is 9.10. The van der Waals surface area contributed by atoms with Gasteiger partial charge in [0.15, 0.2) is 0 Å². The summed E-state index contributed by atoms with van der Waals surface area (Å²) in [7, 11) is 0. The molecule has 5 nitrogen and oxygen atoms in total. The summed E-state index contributed by atoms with van der Waals surface area (Å²) in [6.07, 6.45) is 8.06. The van der Waals surface area contributed by atoms with Crippen LogP contribution in [0.2, 0.25) is 0 Å². The van der Waals surface area contributed by atoms with Gasteiger partial charge in [-0.1, -0.05) is 53.1 Å². The number of rotatable bonds is 7. The Balaban J connectivity index is 1.89. The number of urea groups is 1. The molecule has 0 heterocycles. The fourth-order valence-corrected chi connectivity index (χ4v) is 3.53. The maximum atomic E-state index is 12.6. The third-order valence-electron chi connectivity index (χ3n) is 4.42. The average Bonchev–Trinajstić information content (AvgIpc) is 3.06. The molecular formula is C19H26BrN3O2. The van der Waals surface area contributed by atoms with Crippen molar-refractivity contribution in [1.82, 2.24) is 16.0 Å². The summed E-state index contributed by atoms with van der Waals surface area (Å²) in [5, 5.41) is 8.72. The Bertz CT molecular complexity index is 625. The topological polar surface area (TPSA) is 70.2 Å². The van der Waals surface area contributed by atoms with E-state index in [-0.39, 0.29) is 11.9 Å². The molecule has 0 aromatic heterocycles. The summed E-state index contributed by atoms with van der Waals surface area (Å²) in [5.41, 5.74) is 0.220. The number of halogens is 1. The molecule has 1 aliphatic rings. The van der Waals surface area contributed by atoms with E-state index in [9.17, 15) is 9.59 Å². The van der Waals surface area contributed by atoms with E-state index < -0.39 is 5.54 Å². The molecule has 0 aliphatic heterocycles. The van der Waals surface area contributed by atoms with Gasteiger partial charge in [0.25, 0.3) is 0 Å². The Morgan fingerprint density at radius 2 is 2.00 bits per heavy atom. The molecule has 2 rings (SSSR count). The second kappa shape index (κ2) is 9.61. The van der Waals surface area contributed by atoms with Crippen molar-refractivity contribution in [1.29, 1.82) is 0 Å². The lowest BCUT2D eigenvalue weighted by Crippen LogP contribution is -2.59. The van der Waals surface area contributed by atoms with E-state index in [2.05, 4.69) is 31.9 Å². The van der Waals surface area contributed by atoms with Gasteiger partial charge in [-0.3, -0.25) is 4.79 Å². The van der Waals surface area contributed by atoms with Crippen molar-refractivity contribution in [3.63, 3.8) is 0 Å². The SMILES string of the molecule is C/C=C/CCNC(=O)C1(NC(=O)NCc2cccc(Br)c2)CCCC1. The minimum atomic E-state index is -0.780. The largest absolute Gasteiger partial charge is 0.354 e. The standard InChI is InChI=1S/C19H26BrN3O2/c1-2-3-6-12-21-17(24)19(10-4-5-11-19)23-18(25)22-14-15-8-7-9-16(20)13-15/h2-3,7-9,13H,4-6,10-12,14H2,1H3,(H,21,24)(H2,22,23,25)/b3-2+. The minimum absolute atomic E-state index is 0.0768. The molecule has 3 N–H and O–H groups in total. The maximum absolute atomic E-state index is 12.6. The van der Waals surface area contributed by atoms with Crippen molar-refractivity contribution in [3.8, 4) is 0 Å². The van der Waals surface area contributed by atoms with Gasteiger partial charge >= 0.3 is 6.03 Å². The summed E-state index contributed by atoms with van der Waals surface area (Å²) in [4.78, 5) is 24.9. The Morgan fingerprint density at radius 1 is 1.24 bits per heavy atom. The lowest BCUT2D eigenvalue weighted by Gasteiger charge is -2.29. The fourth-order valence-electron chi connectivity index (χ4n) is 3.08. The normalized spacial score (nSPS) is 15.9. The molecule has 1 aromatic carbocycles. The van der Waals surface area contributed by atoms with Gasteiger partial charge in [-0.05, 0) is 43.9 Å². The highest BCUT2D eigenvalue weighted by atomic mass is 79.9. The predicted molar refractivity (Wildman–Crippen MR) is 103 cm³/mol. The smallest absolute Gasteiger partial charge is 0.315 e. The van der Waals surface area contributed by atoms with Gasteiger partial charge in [-0.25, -0.2) is 4.79 Å². The molecule has 1 fully saturated rings. The Kier molecular flexibility index (Phi) is 7.50. The van der Waals surface area contributed by atoms with Crippen LogP contribution in [0, 0.1) is 0 Å². The van der Waals surface area contributed by atoms with Crippen molar-refractivity contribution in [2.24, 2.45) is 0 Å². The van der Waals surface area contributed by atoms with E-state index in [4.69, 9.17) is 0 Å². The second-order valence-electron chi connectivity index (χ2n) is 6.34. The third kappa shape index (κ3) is 5.88. The second-order valence-corrected chi connectivity index (χ2v) is 7.26. The summed E-state index contributed by atoms with van der Waals surface area (Å²) in [6, 6.07) is 7.47. The highest BCUT2D eigenvalue weighted by Gasteiger charge is 2.42. The molecule has 0 unspecified atom stereocenters. The lowest BCUT2D eigenvalue weighted by molar-refractivity contribution is -0.127. The van der Waals surface area contributed by atoms with E-state index >= 15 is 0 Å². The van der Waals surface area contributed by atoms with Gasteiger partial charge < -0.3 is 16.0 Å². The van der Waals surface area contributed by atoms with Crippen LogP contribution in [0.5, 0.6) is 0 Å². The number of carbonyl (C=O) groups is 2. The molecule has 0 bridgehead atoms. The fraction of sp³-hybridized carbons (Fsp3) is 0.474. The molecule has 3 amide bonds. The first-order valence-electron chi connectivity index (χ1n) is 8.76. The first kappa shape index (κ1) is 19.5. The molecule has 136 valence electrons. The van der Waals surface area contributed by atoms with Crippen molar-refractivity contribution in [2.75, 3.05) is 6.54 Å². The monoisotopic (exact) mass is 407 g/mol. The number of amides is 3. The van der Waals surface area contributed by atoms with Crippen molar-refractivity contribution >= 4 is 27.9 Å². The van der Waals surface area contributed by atoms with Crippen molar-refractivity contribution < 1.29 is 9.59 Å². The molecule has 1 saturated carbocycles. The predicted octanol–water partition coefficient (Wildman–Crippen LogP) is 3.64. The third-order valence-corrected chi connectivity index (χ3v) is 4.91. The molecule has 0 radical (unpaired) electrons. The summed E-state index contributed by atoms with van der Waals surface area (Å²) in [5.74, 6) is -0.0768. The number of allylic oxidation sites excluding steroid dienone is 1.